The van der Waals surface area contributed by atoms with E-state index in [4.69, 9.17) is 10.2 Å². The van der Waals surface area contributed by atoms with Gasteiger partial charge in [-0.05, 0) is 0 Å². The van der Waals surface area contributed by atoms with Crippen LogP contribution in [0.2, 0.25) is 0 Å². The normalized spacial score (nSPS) is 16.7. The third kappa shape index (κ3) is 5.32. The number of allylic oxidation sites excluding steroid dienone is 6. The van der Waals surface area contributed by atoms with Gasteiger partial charge in [0, 0.05) is 0 Å². The van der Waals surface area contributed by atoms with Gasteiger partial charge in [-0.25, -0.2) is 0 Å². The van der Waals surface area contributed by atoms with Gasteiger partial charge in [-0.15, -0.1) is 24.8 Å². The predicted octanol–water partition coefficient (Wildman–Crippen LogP) is 3.11. The Labute approximate surface area is 138 Å². The van der Waals surface area contributed by atoms with Crippen LogP contribution in [0.1, 0.15) is 25.7 Å². The van der Waals surface area contributed by atoms with Crippen molar-refractivity contribution < 1.29 is 33.4 Å². The van der Waals surface area contributed by atoms with E-state index in [2.05, 4.69) is 24.3 Å². The molecule has 2 aliphatic carbocycles. The zero-order valence-electron chi connectivity index (χ0n) is 10.8. The van der Waals surface area contributed by atoms with Gasteiger partial charge in [0.05, 0.1) is 0 Å². The van der Waals surface area contributed by atoms with Crippen molar-refractivity contribution in [3.05, 3.63) is 42.0 Å². The van der Waals surface area contributed by atoms with Crippen LogP contribution in [0.25, 0.3) is 0 Å². The summed E-state index contributed by atoms with van der Waals surface area (Å²) in [6.45, 7) is 0.507. The molecule has 5 heteroatoms. The van der Waals surface area contributed by atoms with Gasteiger partial charge in [-0.1, -0.05) is 0 Å². The fourth-order valence-corrected chi connectivity index (χ4v) is 6.05. The van der Waals surface area contributed by atoms with E-state index in [1.165, 1.54) is 11.1 Å². The first kappa shape index (κ1) is 19.3. The fourth-order valence-electron chi connectivity index (χ4n) is 2.26. The van der Waals surface area contributed by atoms with E-state index < -0.39 is 23.2 Å². The Kier molecular flexibility index (Phi) is 10.3. The Morgan fingerprint density at radius 3 is 1.63 bits per heavy atom. The van der Waals surface area contributed by atoms with Crippen LogP contribution < -0.4 is 0 Å². The van der Waals surface area contributed by atoms with Crippen molar-refractivity contribution in [2.75, 3.05) is 13.2 Å². The summed E-state index contributed by atoms with van der Waals surface area (Å²) >= 11 is -0.665. The minimum absolute atomic E-state index is 0. The van der Waals surface area contributed by atoms with Gasteiger partial charge in [0.2, 0.25) is 0 Å². The third-order valence-electron chi connectivity index (χ3n) is 3.12. The van der Waals surface area contributed by atoms with Crippen LogP contribution in [-0.2, 0) is 23.2 Å². The van der Waals surface area contributed by atoms with Crippen LogP contribution in [-0.4, -0.2) is 23.4 Å². The first-order chi connectivity index (χ1) is 8.35. The van der Waals surface area contributed by atoms with Crippen molar-refractivity contribution in [1.29, 1.82) is 0 Å². The van der Waals surface area contributed by atoms with E-state index in [0.29, 0.717) is 0 Å². The second-order valence-corrected chi connectivity index (χ2v) is 7.87. The second-order valence-electron chi connectivity index (χ2n) is 4.29. The molecule has 0 aromatic carbocycles. The Balaban J connectivity index is 0.00000162. The van der Waals surface area contributed by atoms with Gasteiger partial charge in [-0.3, -0.25) is 0 Å². The molecule has 0 fully saturated rings. The van der Waals surface area contributed by atoms with E-state index in [-0.39, 0.29) is 38.0 Å². The van der Waals surface area contributed by atoms with E-state index in [1.54, 1.807) is 6.56 Å². The number of hydrogen-bond donors (Lipinski definition) is 2. The van der Waals surface area contributed by atoms with Crippen molar-refractivity contribution in [2.24, 2.45) is 0 Å². The average Bonchev–Trinajstić information content (AvgIpc) is 2.92. The molecule has 0 radical (unpaired) electrons. The molecule has 0 aromatic rings. The Morgan fingerprint density at radius 2 is 1.26 bits per heavy atom. The van der Waals surface area contributed by atoms with Gasteiger partial charge in [0.15, 0.2) is 0 Å². The Morgan fingerprint density at radius 1 is 0.842 bits per heavy atom. The van der Waals surface area contributed by atoms with E-state index in [0.717, 1.165) is 25.7 Å². The van der Waals surface area contributed by atoms with Crippen LogP contribution in [0, 0.1) is 0 Å². The van der Waals surface area contributed by atoms with Gasteiger partial charge < -0.3 is 0 Å². The summed E-state index contributed by atoms with van der Waals surface area (Å²) in [4.78, 5) is 0. The standard InChI is InChI=1S/2C7H9O.2ClH.Zr/c2*8-6-5-7-3-1-2-4-7;;;/h2*1,3,8H,2,5-6H2;2*1H;. The summed E-state index contributed by atoms with van der Waals surface area (Å²) < 4.78 is 3.22. The quantitative estimate of drug-likeness (QED) is 0.741. The van der Waals surface area contributed by atoms with Crippen molar-refractivity contribution in [2.45, 2.75) is 25.7 Å². The van der Waals surface area contributed by atoms with Crippen LogP contribution in [0.4, 0.5) is 0 Å². The number of hydrogen-bond acceptors (Lipinski definition) is 2. The molecule has 2 N–H and O–H groups in total. The van der Waals surface area contributed by atoms with E-state index >= 15 is 0 Å². The Bertz CT molecular complexity index is 374. The average molecular weight is 382 g/mol. The van der Waals surface area contributed by atoms with Crippen LogP contribution in [0.3, 0.4) is 0 Å². The third-order valence-corrected chi connectivity index (χ3v) is 7.19. The second kappa shape index (κ2) is 10.1. The molecule has 2 aliphatic rings. The molecular weight excluding hydrogens is 362 g/mol. The predicted molar refractivity (Wildman–Crippen MR) is 79.5 cm³/mol. The van der Waals surface area contributed by atoms with E-state index in [1.807, 2.05) is 0 Å². The zero-order valence-corrected chi connectivity index (χ0v) is 14.9. The van der Waals surface area contributed by atoms with Gasteiger partial charge in [0.25, 0.3) is 0 Å². The van der Waals surface area contributed by atoms with Crippen molar-refractivity contribution in [1.82, 2.24) is 0 Å². The molecule has 0 amide bonds. The van der Waals surface area contributed by atoms with Gasteiger partial charge >= 0.3 is 114 Å². The van der Waals surface area contributed by atoms with Crippen molar-refractivity contribution >= 4 is 24.8 Å². The topological polar surface area (TPSA) is 40.5 Å². The first-order valence-electron chi connectivity index (χ1n) is 6.11. The van der Waals surface area contributed by atoms with E-state index in [9.17, 15) is 0 Å². The summed E-state index contributed by atoms with van der Waals surface area (Å²) in [7, 11) is 0. The van der Waals surface area contributed by atoms with Crippen LogP contribution in [0.15, 0.2) is 42.0 Å². The number of aliphatic hydroxyl groups is 2. The van der Waals surface area contributed by atoms with Crippen molar-refractivity contribution in [3.63, 3.8) is 0 Å². The maximum absolute atomic E-state index is 9.03. The minimum atomic E-state index is -0.665. The summed E-state index contributed by atoms with van der Waals surface area (Å²) in [6.07, 6.45) is 12.6. The molecule has 0 unspecified atom stereocenters. The number of rotatable bonds is 6. The molecule has 0 aromatic heterocycles. The zero-order chi connectivity index (χ0) is 12.1. The summed E-state index contributed by atoms with van der Waals surface area (Å²) in [5.74, 6) is 0. The molecule has 106 valence electrons. The molecule has 0 aliphatic heterocycles. The van der Waals surface area contributed by atoms with Crippen LogP contribution >= 0.6 is 24.8 Å². The molecule has 0 heterocycles. The SMILES string of the molecule is Cl.Cl.OCCC1=[C]([Zr][C]2=C(CCO)C=CC2)CC=C1. The van der Waals surface area contributed by atoms with Gasteiger partial charge in [0.1, 0.15) is 0 Å². The fraction of sp³-hybridized carbons (Fsp3) is 0.429. The summed E-state index contributed by atoms with van der Waals surface area (Å²) in [5.41, 5.74) is 2.75. The molecule has 0 spiro atoms. The molecule has 19 heavy (non-hydrogen) atoms. The van der Waals surface area contributed by atoms with Crippen molar-refractivity contribution in [3.8, 4) is 0 Å². The molecule has 0 saturated carbocycles. The number of halogens is 2. The first-order valence-corrected chi connectivity index (χ1v) is 8.57. The number of aliphatic hydroxyl groups excluding tert-OH is 2. The van der Waals surface area contributed by atoms with Gasteiger partial charge in [-0.2, -0.15) is 0 Å². The van der Waals surface area contributed by atoms with Crippen LogP contribution in [0.5, 0.6) is 0 Å². The molecule has 2 nitrogen and oxygen atoms in total. The molecular formula is C14H20Cl2O2Zr. The molecule has 0 saturated heterocycles. The molecule has 0 bridgehead atoms. The maximum atomic E-state index is 9.03. The molecule has 2 rings (SSSR count). The summed E-state index contributed by atoms with van der Waals surface area (Å²) in [6, 6.07) is 0. The Hall–Kier alpha value is 0.343. The summed E-state index contributed by atoms with van der Waals surface area (Å²) in [5, 5.41) is 18.1. The monoisotopic (exact) mass is 380 g/mol. The molecule has 0 atom stereocenters.